The van der Waals surface area contributed by atoms with Crippen LogP contribution in [0, 0.1) is 0 Å². The monoisotopic (exact) mass is 253 g/mol. The van der Waals surface area contributed by atoms with E-state index < -0.39 is 0 Å². The Morgan fingerprint density at radius 1 is 1.53 bits per heavy atom. The van der Waals surface area contributed by atoms with Gasteiger partial charge >= 0.3 is 0 Å². The molecule has 17 heavy (non-hydrogen) atoms. The standard InChI is InChI=1S/C12H19N3OS/c1-2-3-5-15-6-4-8-9(7-15)17-12(14)10(8)11(13)16/h2-7,14H2,1H3,(H2,13,16). The number of carbonyl (C=O) groups is 1. The van der Waals surface area contributed by atoms with E-state index in [4.69, 9.17) is 11.5 Å². The van der Waals surface area contributed by atoms with Gasteiger partial charge in [-0.05, 0) is 24.9 Å². The molecule has 1 aliphatic heterocycles. The molecule has 0 aromatic carbocycles. The van der Waals surface area contributed by atoms with Crippen LogP contribution in [0.1, 0.15) is 40.6 Å². The number of nitrogen functional groups attached to an aromatic ring is 1. The number of hydrogen-bond acceptors (Lipinski definition) is 4. The van der Waals surface area contributed by atoms with Gasteiger partial charge < -0.3 is 11.5 Å². The van der Waals surface area contributed by atoms with Crippen molar-refractivity contribution in [2.45, 2.75) is 32.7 Å². The Kier molecular flexibility index (Phi) is 3.69. The predicted octanol–water partition coefficient (Wildman–Crippen LogP) is 1.59. The molecular formula is C12H19N3OS. The number of carbonyl (C=O) groups excluding carboxylic acids is 1. The first kappa shape index (κ1) is 12.4. The molecule has 4 N–H and O–H groups in total. The zero-order valence-electron chi connectivity index (χ0n) is 10.2. The first-order chi connectivity index (χ1) is 8.13. The van der Waals surface area contributed by atoms with Crippen molar-refractivity contribution in [3.8, 4) is 0 Å². The van der Waals surface area contributed by atoms with Crippen molar-refractivity contribution in [3.05, 3.63) is 16.0 Å². The van der Waals surface area contributed by atoms with Crippen molar-refractivity contribution in [1.29, 1.82) is 0 Å². The fourth-order valence-corrected chi connectivity index (χ4v) is 3.49. The van der Waals surface area contributed by atoms with Crippen LogP contribution in [-0.2, 0) is 13.0 Å². The highest BCUT2D eigenvalue weighted by Gasteiger charge is 2.25. The summed E-state index contributed by atoms with van der Waals surface area (Å²) in [7, 11) is 0. The lowest BCUT2D eigenvalue weighted by Crippen LogP contribution is -2.31. The molecule has 0 atom stereocenters. The number of amides is 1. The summed E-state index contributed by atoms with van der Waals surface area (Å²) in [6.07, 6.45) is 3.33. The number of nitrogens with zero attached hydrogens (tertiary/aromatic N) is 1. The quantitative estimate of drug-likeness (QED) is 0.856. The molecule has 5 heteroatoms. The summed E-state index contributed by atoms with van der Waals surface area (Å²) in [5, 5.41) is 0.583. The number of unbranched alkanes of at least 4 members (excludes halogenated alkanes) is 1. The highest BCUT2D eigenvalue weighted by Crippen LogP contribution is 2.34. The van der Waals surface area contributed by atoms with E-state index in [1.807, 2.05) is 0 Å². The second-order valence-corrected chi connectivity index (χ2v) is 5.62. The third-order valence-corrected chi connectivity index (χ3v) is 4.28. The highest BCUT2D eigenvalue weighted by atomic mass is 32.1. The smallest absolute Gasteiger partial charge is 0.251 e. The lowest BCUT2D eigenvalue weighted by Gasteiger charge is -2.26. The topological polar surface area (TPSA) is 72.3 Å². The first-order valence-corrected chi connectivity index (χ1v) is 6.87. The van der Waals surface area contributed by atoms with Gasteiger partial charge in [-0.1, -0.05) is 13.3 Å². The molecule has 0 spiro atoms. The second kappa shape index (κ2) is 5.06. The maximum absolute atomic E-state index is 11.3. The van der Waals surface area contributed by atoms with E-state index in [0.717, 1.165) is 31.6 Å². The van der Waals surface area contributed by atoms with Gasteiger partial charge in [0.05, 0.1) is 10.6 Å². The van der Waals surface area contributed by atoms with Crippen LogP contribution in [0.15, 0.2) is 0 Å². The van der Waals surface area contributed by atoms with Crippen LogP contribution < -0.4 is 11.5 Å². The van der Waals surface area contributed by atoms with Crippen LogP contribution in [-0.4, -0.2) is 23.9 Å². The number of nitrogens with two attached hydrogens (primary N) is 2. The van der Waals surface area contributed by atoms with Gasteiger partial charge in [0.1, 0.15) is 0 Å². The summed E-state index contributed by atoms with van der Waals surface area (Å²) in [6.45, 7) is 5.24. The maximum Gasteiger partial charge on any atom is 0.251 e. The van der Waals surface area contributed by atoms with E-state index >= 15 is 0 Å². The first-order valence-electron chi connectivity index (χ1n) is 6.05. The fraction of sp³-hybridized carbons (Fsp3) is 0.583. The van der Waals surface area contributed by atoms with Crippen LogP contribution in [0.5, 0.6) is 0 Å². The van der Waals surface area contributed by atoms with Crippen LogP contribution in [0.4, 0.5) is 5.00 Å². The van der Waals surface area contributed by atoms with Crippen molar-refractivity contribution < 1.29 is 4.79 Å². The number of anilines is 1. The van der Waals surface area contributed by atoms with E-state index in [1.54, 1.807) is 0 Å². The van der Waals surface area contributed by atoms with E-state index in [1.165, 1.54) is 29.1 Å². The van der Waals surface area contributed by atoms with E-state index in [2.05, 4.69) is 11.8 Å². The van der Waals surface area contributed by atoms with Crippen molar-refractivity contribution in [2.75, 3.05) is 18.8 Å². The molecule has 0 fully saturated rings. The molecule has 0 saturated carbocycles. The number of rotatable bonds is 4. The van der Waals surface area contributed by atoms with Crippen molar-refractivity contribution in [2.24, 2.45) is 5.73 Å². The molecule has 0 bridgehead atoms. The molecule has 1 aromatic rings. The van der Waals surface area contributed by atoms with Gasteiger partial charge in [-0.3, -0.25) is 9.69 Å². The Balaban J connectivity index is 2.17. The van der Waals surface area contributed by atoms with Gasteiger partial charge in [0.25, 0.3) is 5.91 Å². The minimum Gasteiger partial charge on any atom is -0.390 e. The molecule has 4 nitrogen and oxygen atoms in total. The van der Waals surface area contributed by atoms with E-state index in [-0.39, 0.29) is 5.91 Å². The van der Waals surface area contributed by atoms with Gasteiger partial charge in [-0.2, -0.15) is 0 Å². The number of primary amides is 1. The third kappa shape index (κ3) is 2.45. The minimum absolute atomic E-state index is 0.387. The predicted molar refractivity (Wildman–Crippen MR) is 71.1 cm³/mol. The molecule has 0 aliphatic carbocycles. The zero-order valence-corrected chi connectivity index (χ0v) is 11.0. The van der Waals surface area contributed by atoms with Crippen molar-refractivity contribution in [1.82, 2.24) is 4.90 Å². The van der Waals surface area contributed by atoms with E-state index in [0.29, 0.717) is 10.6 Å². The van der Waals surface area contributed by atoms with Gasteiger partial charge in [0, 0.05) is 18.0 Å². The Labute approximate surface area is 106 Å². The summed E-state index contributed by atoms with van der Waals surface area (Å²) in [4.78, 5) is 15.0. The Morgan fingerprint density at radius 2 is 2.29 bits per heavy atom. The molecule has 0 saturated heterocycles. The fourth-order valence-electron chi connectivity index (χ4n) is 2.32. The normalized spacial score (nSPS) is 15.8. The molecule has 0 radical (unpaired) electrons. The van der Waals surface area contributed by atoms with Crippen LogP contribution in [0.3, 0.4) is 0 Å². The molecule has 0 unspecified atom stereocenters. The Hall–Kier alpha value is -1.07. The summed E-state index contributed by atoms with van der Waals surface area (Å²) < 4.78 is 0. The number of fused-ring (bicyclic) bond motifs is 1. The summed E-state index contributed by atoms with van der Waals surface area (Å²) in [5.41, 5.74) is 12.9. The van der Waals surface area contributed by atoms with Crippen LogP contribution >= 0.6 is 11.3 Å². The molecule has 2 rings (SSSR count). The van der Waals surface area contributed by atoms with E-state index in [9.17, 15) is 4.79 Å². The van der Waals surface area contributed by atoms with Gasteiger partial charge in [0.15, 0.2) is 0 Å². The SMILES string of the molecule is CCCCN1CCc2c(sc(N)c2C(N)=O)C1. The number of hydrogen-bond donors (Lipinski definition) is 2. The highest BCUT2D eigenvalue weighted by molar-refractivity contribution is 7.16. The summed E-state index contributed by atoms with van der Waals surface area (Å²) >= 11 is 1.52. The lowest BCUT2D eigenvalue weighted by atomic mass is 10.0. The lowest BCUT2D eigenvalue weighted by molar-refractivity contribution is 0.1000. The largest absolute Gasteiger partial charge is 0.390 e. The molecule has 1 aliphatic rings. The summed E-state index contributed by atoms with van der Waals surface area (Å²) in [5.74, 6) is -0.387. The van der Waals surface area contributed by atoms with Crippen molar-refractivity contribution >= 4 is 22.2 Å². The van der Waals surface area contributed by atoms with Gasteiger partial charge in [-0.15, -0.1) is 11.3 Å². The van der Waals surface area contributed by atoms with Gasteiger partial charge in [-0.25, -0.2) is 0 Å². The zero-order chi connectivity index (χ0) is 12.4. The Bertz CT molecular complexity index is 428. The summed E-state index contributed by atoms with van der Waals surface area (Å²) in [6, 6.07) is 0. The maximum atomic E-state index is 11.3. The molecule has 1 aromatic heterocycles. The molecule has 94 valence electrons. The molecular weight excluding hydrogens is 234 g/mol. The number of thiophene rings is 1. The molecule has 2 heterocycles. The average molecular weight is 253 g/mol. The van der Waals surface area contributed by atoms with Gasteiger partial charge in [0.2, 0.25) is 0 Å². The minimum atomic E-state index is -0.387. The molecule has 1 amide bonds. The second-order valence-electron chi connectivity index (χ2n) is 4.49. The third-order valence-electron chi connectivity index (χ3n) is 3.24. The van der Waals surface area contributed by atoms with Crippen LogP contribution in [0.2, 0.25) is 0 Å². The van der Waals surface area contributed by atoms with Crippen molar-refractivity contribution in [3.63, 3.8) is 0 Å². The Morgan fingerprint density at radius 3 is 2.94 bits per heavy atom. The van der Waals surface area contributed by atoms with Crippen LogP contribution in [0.25, 0.3) is 0 Å². The average Bonchev–Trinajstić information content (AvgIpc) is 2.61.